The van der Waals surface area contributed by atoms with Gasteiger partial charge in [-0.3, -0.25) is 0 Å². The largest absolute Gasteiger partial charge is 0.316 e. The Hall–Kier alpha value is -0.180. The Bertz CT molecular complexity index is 341. The molecule has 1 unspecified atom stereocenters. The number of thioether (sulfide) groups is 1. The molecule has 1 aromatic carbocycles. The topological polar surface area (TPSA) is 12.0 Å². The van der Waals surface area contributed by atoms with Crippen LogP contribution in [0.3, 0.4) is 0 Å². The zero-order chi connectivity index (χ0) is 12.7. The first-order valence-corrected chi connectivity index (χ1v) is 7.70. The summed E-state index contributed by atoms with van der Waals surface area (Å²) in [5.41, 5.74) is 2.47. The van der Waals surface area contributed by atoms with Crippen molar-refractivity contribution in [2.24, 2.45) is 0 Å². The monoisotopic (exact) mass is 271 g/mol. The third kappa shape index (κ3) is 5.33. The summed E-state index contributed by atoms with van der Waals surface area (Å²) in [6.45, 7) is 4.29. The van der Waals surface area contributed by atoms with Gasteiger partial charge >= 0.3 is 0 Å². The number of hydrogen-bond donors (Lipinski definition) is 1. The lowest BCUT2D eigenvalue weighted by molar-refractivity contribution is 0.617. The molecular formula is C14H22ClNS. The fourth-order valence-electron chi connectivity index (χ4n) is 1.70. The number of likely N-dealkylation sites (N-methyl/N-ethyl adjacent to an activating group) is 1. The highest BCUT2D eigenvalue weighted by Crippen LogP contribution is 2.20. The van der Waals surface area contributed by atoms with Crippen molar-refractivity contribution >= 4 is 23.4 Å². The van der Waals surface area contributed by atoms with Gasteiger partial charge in [-0.1, -0.05) is 30.7 Å². The Balaban J connectivity index is 2.54. The minimum Gasteiger partial charge on any atom is -0.316 e. The van der Waals surface area contributed by atoms with E-state index in [9.17, 15) is 0 Å². The van der Waals surface area contributed by atoms with Crippen molar-refractivity contribution in [3.63, 3.8) is 0 Å². The van der Waals surface area contributed by atoms with E-state index in [1.165, 1.54) is 23.3 Å². The molecule has 1 N–H and O–H groups in total. The molecule has 1 rings (SSSR count). The Kier molecular flexibility index (Phi) is 7.02. The molecule has 0 aliphatic heterocycles. The van der Waals surface area contributed by atoms with Crippen molar-refractivity contribution in [3.05, 3.63) is 34.3 Å². The predicted octanol–water partition coefficient (Wildman–Crippen LogP) is 3.92. The first-order valence-electron chi connectivity index (χ1n) is 6.17. The summed E-state index contributed by atoms with van der Waals surface area (Å²) in [6.07, 6.45) is 2.25. The molecule has 0 fully saturated rings. The molecule has 0 saturated heterocycles. The minimum atomic E-state index is 0.506. The van der Waals surface area contributed by atoms with E-state index in [-0.39, 0.29) is 0 Å². The van der Waals surface area contributed by atoms with E-state index in [0.717, 1.165) is 17.2 Å². The van der Waals surface area contributed by atoms with Crippen molar-refractivity contribution in [2.75, 3.05) is 18.6 Å². The SMILES string of the molecule is CCCSCC(Cc1ccc(C)cc1Cl)NC. The smallest absolute Gasteiger partial charge is 0.0441 e. The quantitative estimate of drug-likeness (QED) is 0.755. The van der Waals surface area contributed by atoms with Gasteiger partial charge in [0.2, 0.25) is 0 Å². The van der Waals surface area contributed by atoms with E-state index in [1.54, 1.807) is 0 Å². The van der Waals surface area contributed by atoms with E-state index in [4.69, 9.17) is 11.6 Å². The highest BCUT2D eigenvalue weighted by molar-refractivity contribution is 7.99. The van der Waals surface area contributed by atoms with Crippen LogP contribution in [0.15, 0.2) is 18.2 Å². The van der Waals surface area contributed by atoms with Crippen molar-refractivity contribution in [1.29, 1.82) is 0 Å². The Morgan fingerprint density at radius 1 is 1.41 bits per heavy atom. The molecule has 0 aromatic heterocycles. The Morgan fingerprint density at radius 3 is 2.76 bits per heavy atom. The van der Waals surface area contributed by atoms with E-state index in [2.05, 4.69) is 31.3 Å². The first kappa shape index (κ1) is 14.9. The molecule has 3 heteroatoms. The normalized spacial score (nSPS) is 12.7. The second kappa shape index (κ2) is 8.02. The third-order valence-electron chi connectivity index (χ3n) is 2.75. The molecule has 0 aliphatic rings. The lowest BCUT2D eigenvalue weighted by Gasteiger charge is -2.16. The maximum absolute atomic E-state index is 6.26. The first-order chi connectivity index (χ1) is 8.17. The van der Waals surface area contributed by atoms with Gasteiger partial charge in [0.1, 0.15) is 0 Å². The van der Waals surface area contributed by atoms with Crippen LogP contribution in [0.2, 0.25) is 5.02 Å². The molecule has 17 heavy (non-hydrogen) atoms. The molecule has 1 nitrogen and oxygen atoms in total. The molecule has 0 spiro atoms. The lowest BCUT2D eigenvalue weighted by atomic mass is 10.1. The van der Waals surface area contributed by atoms with E-state index in [0.29, 0.717) is 6.04 Å². The molecule has 1 atom stereocenters. The average Bonchev–Trinajstić information content (AvgIpc) is 2.31. The summed E-state index contributed by atoms with van der Waals surface area (Å²) in [4.78, 5) is 0. The van der Waals surface area contributed by atoms with Crippen LogP contribution < -0.4 is 5.32 Å². The van der Waals surface area contributed by atoms with Gasteiger partial charge < -0.3 is 5.32 Å². The molecule has 96 valence electrons. The molecule has 1 aromatic rings. The molecule has 0 aliphatic carbocycles. The fraction of sp³-hybridized carbons (Fsp3) is 0.571. The summed E-state index contributed by atoms with van der Waals surface area (Å²) in [5, 5.41) is 4.27. The van der Waals surface area contributed by atoms with Crippen LogP contribution >= 0.6 is 23.4 Å². The number of nitrogens with one attached hydrogen (secondary N) is 1. The zero-order valence-corrected chi connectivity index (χ0v) is 12.5. The molecule has 0 radical (unpaired) electrons. The van der Waals surface area contributed by atoms with E-state index >= 15 is 0 Å². The van der Waals surface area contributed by atoms with Gasteiger partial charge in [0.05, 0.1) is 0 Å². The predicted molar refractivity (Wildman–Crippen MR) is 80.4 cm³/mol. The van der Waals surface area contributed by atoms with Crippen LogP contribution in [0, 0.1) is 6.92 Å². The Morgan fingerprint density at radius 2 is 2.18 bits per heavy atom. The van der Waals surface area contributed by atoms with Crippen molar-refractivity contribution in [2.45, 2.75) is 32.7 Å². The van der Waals surface area contributed by atoms with Gasteiger partial charge in [-0.15, -0.1) is 0 Å². The summed E-state index contributed by atoms with van der Waals surface area (Å²) < 4.78 is 0. The van der Waals surface area contributed by atoms with E-state index in [1.807, 2.05) is 24.9 Å². The van der Waals surface area contributed by atoms with Crippen LogP contribution in [-0.2, 0) is 6.42 Å². The lowest BCUT2D eigenvalue weighted by Crippen LogP contribution is -2.30. The van der Waals surface area contributed by atoms with Gasteiger partial charge in [0.15, 0.2) is 0 Å². The summed E-state index contributed by atoms with van der Waals surface area (Å²) >= 11 is 8.27. The number of hydrogen-bond acceptors (Lipinski definition) is 2. The van der Waals surface area contributed by atoms with Gasteiger partial charge in [0.25, 0.3) is 0 Å². The summed E-state index contributed by atoms with van der Waals surface area (Å²) in [5.74, 6) is 2.38. The van der Waals surface area contributed by atoms with E-state index < -0.39 is 0 Å². The highest BCUT2D eigenvalue weighted by atomic mass is 35.5. The second-order valence-corrected chi connectivity index (χ2v) is 5.92. The van der Waals surface area contributed by atoms with Crippen LogP contribution in [0.4, 0.5) is 0 Å². The molecular weight excluding hydrogens is 250 g/mol. The number of rotatable bonds is 7. The average molecular weight is 272 g/mol. The van der Waals surface area contributed by atoms with Gasteiger partial charge in [0, 0.05) is 16.8 Å². The van der Waals surface area contributed by atoms with Crippen LogP contribution in [-0.4, -0.2) is 24.6 Å². The number of halogens is 1. The van der Waals surface area contributed by atoms with Crippen molar-refractivity contribution < 1.29 is 0 Å². The van der Waals surface area contributed by atoms with Crippen molar-refractivity contribution in [3.8, 4) is 0 Å². The number of aryl methyl sites for hydroxylation is 1. The van der Waals surface area contributed by atoms with Crippen molar-refractivity contribution in [1.82, 2.24) is 5.32 Å². The zero-order valence-electron chi connectivity index (χ0n) is 10.9. The van der Waals surface area contributed by atoms with Gasteiger partial charge in [-0.05, 0) is 49.8 Å². The highest BCUT2D eigenvalue weighted by Gasteiger charge is 2.09. The van der Waals surface area contributed by atoms with Gasteiger partial charge in [-0.25, -0.2) is 0 Å². The summed E-state index contributed by atoms with van der Waals surface area (Å²) in [6, 6.07) is 6.83. The molecule has 0 saturated carbocycles. The van der Waals surface area contributed by atoms with Crippen LogP contribution in [0.5, 0.6) is 0 Å². The summed E-state index contributed by atoms with van der Waals surface area (Å²) in [7, 11) is 2.03. The van der Waals surface area contributed by atoms with Crippen LogP contribution in [0.1, 0.15) is 24.5 Å². The van der Waals surface area contributed by atoms with Gasteiger partial charge in [-0.2, -0.15) is 11.8 Å². The molecule has 0 amide bonds. The molecule has 0 bridgehead atoms. The maximum atomic E-state index is 6.26. The fourth-order valence-corrected chi connectivity index (χ4v) is 3.03. The second-order valence-electron chi connectivity index (χ2n) is 4.36. The number of benzene rings is 1. The van der Waals surface area contributed by atoms with Crippen LogP contribution in [0.25, 0.3) is 0 Å². The minimum absolute atomic E-state index is 0.506. The standard InChI is InChI=1S/C14H22ClNS/c1-4-7-17-10-13(16-3)9-12-6-5-11(2)8-14(12)15/h5-6,8,13,16H,4,7,9-10H2,1-3H3. The molecule has 0 heterocycles. The Labute approximate surface area is 114 Å². The maximum Gasteiger partial charge on any atom is 0.0441 e. The third-order valence-corrected chi connectivity index (χ3v) is 4.44.